The summed E-state index contributed by atoms with van der Waals surface area (Å²) >= 11 is 0. The molecule has 1 saturated heterocycles. The summed E-state index contributed by atoms with van der Waals surface area (Å²) < 4.78 is 12.9. The van der Waals surface area contributed by atoms with Gasteiger partial charge in [0.1, 0.15) is 0 Å². The summed E-state index contributed by atoms with van der Waals surface area (Å²) in [6, 6.07) is 9.53. The fraction of sp³-hybridized carbons (Fsp3) is 0.765. The van der Waals surface area contributed by atoms with Crippen molar-refractivity contribution in [1.29, 1.82) is 0 Å². The van der Waals surface area contributed by atoms with E-state index in [0.717, 1.165) is 44.9 Å². The van der Waals surface area contributed by atoms with Crippen molar-refractivity contribution in [2.24, 2.45) is 22.7 Å². The molecule has 208 valence electrons. The second-order valence-electron chi connectivity index (χ2n) is 15.8. The molecule has 1 heterocycles. The second kappa shape index (κ2) is 7.96. The molecule has 6 aliphatic rings. The van der Waals surface area contributed by atoms with Crippen molar-refractivity contribution in [3.8, 4) is 0 Å². The molecule has 1 aliphatic heterocycles. The Labute approximate surface area is 229 Å². The summed E-state index contributed by atoms with van der Waals surface area (Å²) in [4.78, 5) is 0. The lowest BCUT2D eigenvalue weighted by Crippen LogP contribution is -2.58. The summed E-state index contributed by atoms with van der Waals surface area (Å²) in [6.07, 6.45) is 9.92. The van der Waals surface area contributed by atoms with Gasteiger partial charge in [0.2, 0.25) is 0 Å². The zero-order chi connectivity index (χ0) is 26.8. The molecule has 7 rings (SSSR count). The van der Waals surface area contributed by atoms with Gasteiger partial charge in [-0.3, -0.25) is 0 Å². The number of allylic oxidation sites excluding steroid dienone is 1. The molecule has 38 heavy (non-hydrogen) atoms. The van der Waals surface area contributed by atoms with E-state index in [1.54, 1.807) is 5.57 Å². The fourth-order valence-electron chi connectivity index (χ4n) is 9.40. The predicted molar refractivity (Wildman–Crippen MR) is 150 cm³/mol. The SMILES string of the molecule is CC1(C)COC2(CCC3=C4C(c5ccc(C6(C)CC6)cc5)CC5(C)C(CC[C@]5(C)O)C4CCC3([OH2+])C2)OC1. The van der Waals surface area contributed by atoms with Crippen LogP contribution < -0.4 is 0 Å². The Kier molecular flexibility index (Phi) is 5.39. The normalized spacial score (nSPS) is 44.3. The predicted octanol–water partition coefficient (Wildman–Crippen LogP) is 6.52. The lowest BCUT2D eigenvalue weighted by molar-refractivity contribution is -0.322. The number of fused-ring (bicyclic) bond motifs is 4. The maximum absolute atomic E-state index is 11.7. The van der Waals surface area contributed by atoms with Crippen LogP contribution in [0.1, 0.15) is 116 Å². The number of rotatable bonds is 2. The lowest BCUT2D eigenvalue weighted by atomic mass is 9.50. The van der Waals surface area contributed by atoms with E-state index in [1.807, 2.05) is 0 Å². The van der Waals surface area contributed by atoms with Crippen LogP contribution in [0, 0.1) is 22.7 Å². The molecule has 0 amide bonds. The average molecular weight is 522 g/mol. The highest BCUT2D eigenvalue weighted by Gasteiger charge is 2.64. The molecule has 5 fully saturated rings. The van der Waals surface area contributed by atoms with E-state index >= 15 is 0 Å². The van der Waals surface area contributed by atoms with Gasteiger partial charge in [-0.25, -0.2) is 0 Å². The van der Waals surface area contributed by atoms with Crippen LogP contribution in [0.4, 0.5) is 0 Å². The maximum Gasteiger partial charge on any atom is 0.191 e. The van der Waals surface area contributed by atoms with Crippen LogP contribution in [-0.2, 0) is 14.9 Å². The van der Waals surface area contributed by atoms with Crippen molar-refractivity contribution in [2.45, 2.75) is 127 Å². The Morgan fingerprint density at radius 2 is 1.55 bits per heavy atom. The van der Waals surface area contributed by atoms with E-state index in [2.05, 4.69) is 58.9 Å². The number of hydrogen-bond acceptors (Lipinski definition) is 3. The van der Waals surface area contributed by atoms with Crippen LogP contribution in [-0.4, -0.2) is 40.4 Å². The van der Waals surface area contributed by atoms with Crippen LogP contribution in [0.15, 0.2) is 35.4 Å². The van der Waals surface area contributed by atoms with Gasteiger partial charge in [0.25, 0.3) is 0 Å². The van der Waals surface area contributed by atoms with Crippen LogP contribution in [0.25, 0.3) is 0 Å². The van der Waals surface area contributed by atoms with Gasteiger partial charge in [-0.2, -0.15) is 0 Å². The summed E-state index contributed by atoms with van der Waals surface area (Å²) in [7, 11) is 0. The van der Waals surface area contributed by atoms with Crippen LogP contribution in [0.5, 0.6) is 0 Å². The van der Waals surface area contributed by atoms with Crippen LogP contribution >= 0.6 is 0 Å². The highest BCUT2D eigenvalue weighted by molar-refractivity contribution is 5.45. The third-order valence-corrected chi connectivity index (χ3v) is 12.5. The molecule has 5 aliphatic carbocycles. The Hall–Kier alpha value is -1.20. The van der Waals surface area contributed by atoms with Crippen molar-refractivity contribution >= 4 is 0 Å². The average Bonchev–Trinajstić information content (AvgIpc) is 3.57. The first kappa shape index (κ1) is 25.7. The van der Waals surface area contributed by atoms with Crippen molar-refractivity contribution in [3.63, 3.8) is 0 Å². The summed E-state index contributed by atoms with van der Waals surface area (Å²) in [6.45, 7) is 12.7. The Morgan fingerprint density at radius 1 is 0.868 bits per heavy atom. The number of benzene rings is 1. The monoisotopic (exact) mass is 521 g/mol. The van der Waals surface area contributed by atoms with Gasteiger partial charge in [0.15, 0.2) is 11.4 Å². The second-order valence-corrected chi connectivity index (χ2v) is 15.8. The van der Waals surface area contributed by atoms with Crippen LogP contribution in [0.2, 0.25) is 0 Å². The van der Waals surface area contributed by atoms with Crippen molar-refractivity contribution in [2.75, 3.05) is 13.2 Å². The molecule has 5 unspecified atom stereocenters. The minimum Gasteiger partial charge on any atom is -0.438 e. The van der Waals surface area contributed by atoms with E-state index in [9.17, 15) is 10.2 Å². The number of ether oxygens (including phenoxy) is 2. The zero-order valence-electron chi connectivity index (χ0n) is 24.3. The van der Waals surface area contributed by atoms with Crippen LogP contribution in [0.3, 0.4) is 0 Å². The van der Waals surface area contributed by atoms with Gasteiger partial charge in [-0.05, 0) is 80.2 Å². The molecule has 0 aromatic heterocycles. The first-order valence-corrected chi connectivity index (χ1v) is 15.4. The molecule has 4 heteroatoms. The van der Waals surface area contributed by atoms with E-state index in [0.29, 0.717) is 36.9 Å². The largest absolute Gasteiger partial charge is 0.438 e. The van der Waals surface area contributed by atoms with Crippen molar-refractivity contribution in [3.05, 3.63) is 46.5 Å². The maximum atomic E-state index is 11.7. The molecule has 0 radical (unpaired) electrons. The molecule has 6 atom stereocenters. The molecule has 4 saturated carbocycles. The first-order chi connectivity index (χ1) is 17.8. The molecule has 3 N–H and O–H groups in total. The third kappa shape index (κ3) is 3.69. The van der Waals surface area contributed by atoms with Gasteiger partial charge in [-0.15, -0.1) is 0 Å². The molecule has 1 aromatic rings. The number of hydrogen-bond donors (Lipinski definition) is 1. The van der Waals surface area contributed by atoms with Crippen molar-refractivity contribution in [1.82, 2.24) is 0 Å². The third-order valence-electron chi connectivity index (χ3n) is 12.5. The molecular formula is C34H49O4+. The minimum atomic E-state index is -0.629. The highest BCUT2D eigenvalue weighted by Crippen LogP contribution is 2.68. The standard InChI is InChI=1S/C34H48O4/c1-29(2)20-37-34(38-21-29)15-12-27-28-24(10-14-33(27,36)19-34)26-11-13-32(5,35)31(26,4)18-25(28)22-6-8-23(9-7-22)30(3)16-17-30/h6-9,24-26,35-36H,10-21H2,1-5H3/p+1/t24?,25?,26?,31?,32-,33?/m0/s1. The Bertz CT molecular complexity index is 1150. The Morgan fingerprint density at radius 3 is 2.21 bits per heavy atom. The quantitative estimate of drug-likeness (QED) is 0.356. The fourth-order valence-corrected chi connectivity index (χ4v) is 9.40. The topological polar surface area (TPSA) is 61.6 Å². The van der Waals surface area contributed by atoms with E-state index in [-0.39, 0.29) is 16.7 Å². The van der Waals surface area contributed by atoms with Gasteiger partial charge in [-0.1, -0.05) is 57.5 Å². The minimum absolute atomic E-state index is 0.0406. The summed E-state index contributed by atoms with van der Waals surface area (Å²) in [5, 5.41) is 21.6. The summed E-state index contributed by atoms with van der Waals surface area (Å²) in [5.74, 6) is 0.672. The molecule has 4 nitrogen and oxygen atoms in total. The molecule has 1 aromatic carbocycles. The van der Waals surface area contributed by atoms with Gasteiger partial charge in [0.05, 0.1) is 25.2 Å². The Balaban J connectivity index is 1.30. The lowest BCUT2D eigenvalue weighted by Gasteiger charge is -2.57. The first-order valence-electron chi connectivity index (χ1n) is 15.4. The highest BCUT2D eigenvalue weighted by atomic mass is 16.7. The summed E-state index contributed by atoms with van der Waals surface area (Å²) in [5.41, 5.74) is 4.91. The number of aliphatic hydroxyl groups is 1. The molecular weight excluding hydrogens is 472 g/mol. The van der Waals surface area contributed by atoms with Gasteiger partial charge >= 0.3 is 0 Å². The molecule has 0 bridgehead atoms. The van der Waals surface area contributed by atoms with E-state index < -0.39 is 17.0 Å². The van der Waals surface area contributed by atoms with Gasteiger partial charge in [0, 0.05) is 35.2 Å². The van der Waals surface area contributed by atoms with Gasteiger partial charge < -0.3 is 19.7 Å². The smallest absolute Gasteiger partial charge is 0.191 e. The zero-order valence-corrected chi connectivity index (χ0v) is 24.3. The van der Waals surface area contributed by atoms with E-state index in [1.165, 1.54) is 29.5 Å². The van der Waals surface area contributed by atoms with E-state index in [4.69, 9.17) is 9.47 Å². The molecule has 1 spiro atoms. The van der Waals surface area contributed by atoms with Crippen molar-refractivity contribution < 1.29 is 19.7 Å².